The maximum atomic E-state index is 15.6. The number of hydrogen-bond acceptors (Lipinski definition) is 6. The van der Waals surface area contributed by atoms with Crippen LogP contribution in [-0.4, -0.2) is 51.9 Å². The topological polar surface area (TPSA) is 86.0 Å². The van der Waals surface area contributed by atoms with Crippen LogP contribution in [0.2, 0.25) is 5.02 Å². The van der Waals surface area contributed by atoms with Gasteiger partial charge in [0.1, 0.15) is 23.4 Å². The van der Waals surface area contributed by atoms with E-state index < -0.39 is 5.82 Å². The van der Waals surface area contributed by atoms with Gasteiger partial charge in [0.15, 0.2) is 5.82 Å². The average Bonchev–Trinajstić information content (AvgIpc) is 3.69. The molecule has 0 N–H and O–H groups in total. The van der Waals surface area contributed by atoms with Gasteiger partial charge >= 0.3 is 0 Å². The highest BCUT2D eigenvalue weighted by atomic mass is 35.5. The van der Waals surface area contributed by atoms with Gasteiger partial charge in [0.05, 0.1) is 11.5 Å². The van der Waals surface area contributed by atoms with Crippen LogP contribution in [-0.2, 0) is 4.79 Å². The second kappa shape index (κ2) is 10.1. The fourth-order valence-corrected chi connectivity index (χ4v) is 4.54. The summed E-state index contributed by atoms with van der Waals surface area (Å²) in [6, 6.07) is 7.29. The number of hydrogen-bond donors (Lipinski definition) is 0. The summed E-state index contributed by atoms with van der Waals surface area (Å²) in [4.78, 5) is 28.7. The molecule has 0 unspecified atom stereocenters. The van der Waals surface area contributed by atoms with Crippen LogP contribution in [0, 0.1) is 17.1 Å². The third kappa shape index (κ3) is 4.57. The van der Waals surface area contributed by atoms with E-state index in [0.717, 1.165) is 24.0 Å². The van der Waals surface area contributed by atoms with Gasteiger partial charge in [-0.15, -0.1) is 0 Å². The minimum atomic E-state index is -0.467. The quantitative estimate of drug-likeness (QED) is 0.504. The van der Waals surface area contributed by atoms with Crippen molar-refractivity contribution < 1.29 is 9.18 Å². The predicted octanol–water partition coefficient (Wildman–Crippen LogP) is 4.73. The van der Waals surface area contributed by atoms with Crippen molar-refractivity contribution in [3.8, 4) is 17.3 Å². The van der Waals surface area contributed by atoms with Gasteiger partial charge in [-0.3, -0.25) is 9.78 Å². The van der Waals surface area contributed by atoms with Gasteiger partial charge in [-0.05, 0) is 36.5 Å². The predicted molar refractivity (Wildman–Crippen MR) is 130 cm³/mol. The zero-order chi connectivity index (χ0) is 24.2. The number of halogens is 2. The maximum absolute atomic E-state index is 15.6. The Balaban J connectivity index is 0.000000868. The second-order valence-corrected chi connectivity index (χ2v) is 8.50. The standard InChI is InChI=1S/C23H21ClFN5O.C2H3N/c1-2-18(31)29-8-10-30(11-9-29)23-16-12-26-21(20(25)22(16)27-13-28-23)15-4-3-5-17(24)19(15)14-6-7-14;1-2-3/h2-5,12-14H,1,6-11H2;1H3. The van der Waals surface area contributed by atoms with E-state index in [1.165, 1.54) is 19.3 Å². The Morgan fingerprint density at radius 1 is 1.24 bits per heavy atom. The lowest BCUT2D eigenvalue weighted by Crippen LogP contribution is -2.48. The summed E-state index contributed by atoms with van der Waals surface area (Å²) in [6.45, 7) is 7.26. The molecule has 1 saturated carbocycles. The van der Waals surface area contributed by atoms with Gasteiger partial charge in [0.25, 0.3) is 0 Å². The molecule has 3 heterocycles. The van der Waals surface area contributed by atoms with Crippen molar-refractivity contribution in [3.05, 3.63) is 59.8 Å². The van der Waals surface area contributed by atoms with Gasteiger partial charge in [0.2, 0.25) is 5.91 Å². The highest BCUT2D eigenvalue weighted by molar-refractivity contribution is 6.31. The highest BCUT2D eigenvalue weighted by Gasteiger charge is 2.30. The number of carbonyl (C=O) groups excluding carboxylic acids is 1. The van der Waals surface area contributed by atoms with Crippen molar-refractivity contribution in [2.45, 2.75) is 25.7 Å². The first-order valence-electron chi connectivity index (χ1n) is 11.0. The summed E-state index contributed by atoms with van der Waals surface area (Å²) in [5, 5.41) is 8.53. The zero-order valence-corrected chi connectivity index (χ0v) is 19.6. The minimum absolute atomic E-state index is 0.0856. The van der Waals surface area contributed by atoms with Crippen LogP contribution in [0.1, 0.15) is 31.2 Å². The summed E-state index contributed by atoms with van der Waals surface area (Å²) in [5.41, 5.74) is 2.20. The lowest BCUT2D eigenvalue weighted by Gasteiger charge is -2.35. The molecule has 3 aromatic rings. The summed E-state index contributed by atoms with van der Waals surface area (Å²) in [5.74, 6) is 0.432. The Morgan fingerprint density at radius 2 is 1.94 bits per heavy atom. The number of benzene rings is 1. The molecule has 2 fully saturated rings. The average molecular weight is 479 g/mol. The van der Waals surface area contributed by atoms with E-state index >= 15 is 4.39 Å². The number of aromatic nitrogens is 3. The Kier molecular flexibility index (Phi) is 7.03. The summed E-state index contributed by atoms with van der Waals surface area (Å²) < 4.78 is 15.6. The molecule has 1 amide bonds. The van der Waals surface area contributed by atoms with Crippen LogP contribution in [0.15, 0.2) is 43.4 Å². The van der Waals surface area contributed by atoms with Crippen LogP contribution >= 0.6 is 11.6 Å². The van der Waals surface area contributed by atoms with Gasteiger partial charge in [-0.1, -0.05) is 30.3 Å². The number of piperazine rings is 1. The van der Waals surface area contributed by atoms with Crippen LogP contribution in [0.3, 0.4) is 0 Å². The van der Waals surface area contributed by atoms with Crippen molar-refractivity contribution in [1.29, 1.82) is 5.26 Å². The Morgan fingerprint density at radius 3 is 2.59 bits per heavy atom. The van der Waals surface area contributed by atoms with E-state index in [-0.39, 0.29) is 17.1 Å². The van der Waals surface area contributed by atoms with Crippen molar-refractivity contribution in [2.24, 2.45) is 0 Å². The maximum Gasteiger partial charge on any atom is 0.246 e. The molecule has 174 valence electrons. The molecule has 0 atom stereocenters. The van der Waals surface area contributed by atoms with E-state index in [9.17, 15) is 4.79 Å². The Hall–Kier alpha value is -3.57. The summed E-state index contributed by atoms with van der Waals surface area (Å²) in [7, 11) is 0. The summed E-state index contributed by atoms with van der Waals surface area (Å²) in [6.07, 6.45) is 6.45. The molecule has 1 saturated heterocycles. The number of amides is 1. The SMILES string of the molecule is C=CC(=O)N1CCN(c2ncnc3c(F)c(-c4cccc(Cl)c4C4CC4)ncc23)CC1.CC#N. The first-order chi connectivity index (χ1) is 16.5. The van der Waals surface area contributed by atoms with Crippen molar-refractivity contribution in [3.63, 3.8) is 0 Å². The fourth-order valence-electron chi connectivity index (χ4n) is 4.22. The summed E-state index contributed by atoms with van der Waals surface area (Å²) >= 11 is 6.44. The number of pyridine rings is 1. The van der Waals surface area contributed by atoms with E-state index in [1.807, 2.05) is 23.1 Å². The van der Waals surface area contributed by atoms with Crippen molar-refractivity contribution in [1.82, 2.24) is 19.9 Å². The molecule has 1 aromatic carbocycles. The third-order valence-electron chi connectivity index (χ3n) is 5.96. The van der Waals surface area contributed by atoms with E-state index in [0.29, 0.717) is 48.3 Å². The van der Waals surface area contributed by atoms with Crippen LogP contribution in [0.25, 0.3) is 22.2 Å². The first-order valence-corrected chi connectivity index (χ1v) is 11.4. The number of nitrogens with zero attached hydrogens (tertiary/aromatic N) is 6. The largest absolute Gasteiger partial charge is 0.352 e. The Bertz CT molecular complexity index is 1280. The molecule has 5 rings (SSSR count). The Labute approximate surface area is 202 Å². The van der Waals surface area contributed by atoms with E-state index in [4.69, 9.17) is 16.9 Å². The molecule has 0 bridgehead atoms. The molecule has 34 heavy (non-hydrogen) atoms. The van der Waals surface area contributed by atoms with Crippen molar-refractivity contribution >= 4 is 34.2 Å². The smallest absolute Gasteiger partial charge is 0.246 e. The lowest BCUT2D eigenvalue weighted by atomic mass is 9.99. The molecular formula is C25H24ClFN6O. The molecule has 2 aliphatic rings. The molecule has 9 heteroatoms. The molecule has 1 aliphatic heterocycles. The molecule has 2 aromatic heterocycles. The monoisotopic (exact) mass is 478 g/mol. The third-order valence-corrected chi connectivity index (χ3v) is 6.29. The number of fused-ring (bicyclic) bond motifs is 1. The molecular weight excluding hydrogens is 455 g/mol. The van der Waals surface area contributed by atoms with E-state index in [2.05, 4.69) is 21.5 Å². The fraction of sp³-hybridized carbons (Fsp3) is 0.320. The van der Waals surface area contributed by atoms with E-state index in [1.54, 1.807) is 17.2 Å². The van der Waals surface area contributed by atoms with Gasteiger partial charge in [-0.2, -0.15) is 5.26 Å². The molecule has 7 nitrogen and oxygen atoms in total. The van der Waals surface area contributed by atoms with Gasteiger partial charge in [-0.25, -0.2) is 14.4 Å². The first kappa shape index (κ1) is 23.6. The van der Waals surface area contributed by atoms with Crippen LogP contribution in [0.5, 0.6) is 0 Å². The zero-order valence-electron chi connectivity index (χ0n) is 18.8. The molecule has 0 radical (unpaired) electrons. The van der Waals surface area contributed by atoms with Crippen molar-refractivity contribution in [2.75, 3.05) is 31.1 Å². The number of anilines is 1. The molecule has 1 aliphatic carbocycles. The number of carbonyl (C=O) groups is 1. The highest BCUT2D eigenvalue weighted by Crippen LogP contribution is 2.47. The normalized spacial score (nSPS) is 15.4. The minimum Gasteiger partial charge on any atom is -0.352 e. The van der Waals surface area contributed by atoms with Crippen LogP contribution in [0.4, 0.5) is 10.2 Å². The lowest BCUT2D eigenvalue weighted by molar-refractivity contribution is -0.126. The van der Waals surface area contributed by atoms with Gasteiger partial charge in [0, 0.05) is 49.9 Å². The number of rotatable bonds is 4. The number of nitriles is 1. The van der Waals surface area contributed by atoms with Crippen LogP contribution < -0.4 is 4.90 Å². The molecule has 0 spiro atoms. The van der Waals surface area contributed by atoms with Gasteiger partial charge < -0.3 is 9.80 Å². The second-order valence-electron chi connectivity index (χ2n) is 8.10.